The van der Waals surface area contributed by atoms with E-state index in [0.717, 1.165) is 24.7 Å². The van der Waals surface area contributed by atoms with Gasteiger partial charge in [-0.15, -0.1) is 24.0 Å². The van der Waals surface area contributed by atoms with Gasteiger partial charge in [0.15, 0.2) is 5.96 Å². The number of hydrogen-bond acceptors (Lipinski definition) is 3. The summed E-state index contributed by atoms with van der Waals surface area (Å²) in [6.07, 6.45) is 1.80. The van der Waals surface area contributed by atoms with E-state index in [1.807, 2.05) is 17.8 Å². The Hall–Kier alpha value is -1.61. The number of halogens is 1. The Morgan fingerprint density at radius 1 is 1.20 bits per heavy atom. The predicted molar refractivity (Wildman–Crippen MR) is 114 cm³/mol. The second-order valence-corrected chi connectivity index (χ2v) is 6.05. The lowest BCUT2D eigenvalue weighted by atomic mass is 10.1. The molecule has 25 heavy (non-hydrogen) atoms. The van der Waals surface area contributed by atoms with Crippen molar-refractivity contribution in [3.05, 3.63) is 53.3 Å². The van der Waals surface area contributed by atoms with Crippen LogP contribution in [0.15, 0.2) is 41.5 Å². The highest BCUT2D eigenvalue weighted by Crippen LogP contribution is 2.08. The molecule has 1 aromatic heterocycles. The minimum atomic E-state index is 0. The molecular weight excluding hydrogens is 427 g/mol. The molecule has 0 saturated carbocycles. The van der Waals surface area contributed by atoms with Gasteiger partial charge in [-0.2, -0.15) is 5.10 Å². The maximum absolute atomic E-state index is 4.68. The van der Waals surface area contributed by atoms with E-state index in [-0.39, 0.29) is 24.0 Å². The zero-order valence-corrected chi connectivity index (χ0v) is 17.8. The molecular formula is C18H29IN6. The van der Waals surface area contributed by atoms with Crippen LogP contribution in [-0.2, 0) is 26.7 Å². The molecule has 2 aromatic rings. The predicted octanol–water partition coefficient (Wildman–Crippen LogP) is 2.36. The minimum absolute atomic E-state index is 0. The molecule has 2 N–H and O–H groups in total. The van der Waals surface area contributed by atoms with E-state index < -0.39 is 0 Å². The first-order valence-electron chi connectivity index (χ1n) is 8.30. The molecule has 2 rings (SSSR count). The Kier molecular flexibility index (Phi) is 9.51. The van der Waals surface area contributed by atoms with Crippen LogP contribution >= 0.6 is 24.0 Å². The van der Waals surface area contributed by atoms with Crippen LogP contribution in [0.3, 0.4) is 0 Å². The van der Waals surface area contributed by atoms with Gasteiger partial charge in [-0.25, -0.2) is 4.99 Å². The van der Waals surface area contributed by atoms with Gasteiger partial charge >= 0.3 is 0 Å². The molecule has 0 aliphatic rings. The second kappa shape index (κ2) is 11.1. The number of nitrogens with zero attached hydrogens (tertiary/aromatic N) is 4. The Labute approximate surface area is 167 Å². The first-order chi connectivity index (χ1) is 11.6. The molecule has 138 valence electrons. The van der Waals surface area contributed by atoms with E-state index in [1.54, 1.807) is 6.20 Å². The molecule has 0 radical (unpaired) electrons. The van der Waals surface area contributed by atoms with Crippen molar-refractivity contribution in [1.29, 1.82) is 0 Å². The van der Waals surface area contributed by atoms with Crippen LogP contribution in [0, 0.1) is 0 Å². The number of guanidine groups is 1. The molecule has 0 saturated heterocycles. The Morgan fingerprint density at radius 3 is 2.60 bits per heavy atom. The van der Waals surface area contributed by atoms with Gasteiger partial charge in [-0.3, -0.25) is 4.68 Å². The molecule has 0 unspecified atom stereocenters. The fraction of sp³-hybridized carbons (Fsp3) is 0.444. The summed E-state index contributed by atoms with van der Waals surface area (Å²) < 4.78 is 1.86. The molecule has 0 amide bonds. The zero-order valence-electron chi connectivity index (χ0n) is 15.5. The highest BCUT2D eigenvalue weighted by molar-refractivity contribution is 14.0. The number of rotatable bonds is 7. The molecule has 0 bridgehead atoms. The molecule has 1 heterocycles. The third-order valence-electron chi connectivity index (χ3n) is 3.61. The average Bonchev–Trinajstić information content (AvgIpc) is 2.95. The van der Waals surface area contributed by atoms with Crippen LogP contribution in [-0.4, -0.2) is 41.3 Å². The first kappa shape index (κ1) is 21.4. The lowest BCUT2D eigenvalue weighted by Crippen LogP contribution is -2.37. The summed E-state index contributed by atoms with van der Waals surface area (Å²) in [4.78, 5) is 6.85. The summed E-state index contributed by atoms with van der Waals surface area (Å²) in [5.41, 5.74) is 3.64. The number of benzene rings is 1. The van der Waals surface area contributed by atoms with Crippen molar-refractivity contribution in [3.63, 3.8) is 0 Å². The van der Waals surface area contributed by atoms with Gasteiger partial charge in [0.25, 0.3) is 0 Å². The van der Waals surface area contributed by atoms with Crippen molar-refractivity contribution in [2.24, 2.45) is 12.0 Å². The van der Waals surface area contributed by atoms with Crippen molar-refractivity contribution in [1.82, 2.24) is 25.3 Å². The van der Waals surface area contributed by atoms with Gasteiger partial charge in [-0.05, 0) is 38.2 Å². The smallest absolute Gasteiger partial charge is 0.191 e. The maximum atomic E-state index is 4.68. The van der Waals surface area contributed by atoms with E-state index in [9.17, 15) is 0 Å². The van der Waals surface area contributed by atoms with E-state index >= 15 is 0 Å². The number of aromatic nitrogens is 2. The third-order valence-corrected chi connectivity index (χ3v) is 3.61. The number of aryl methyl sites for hydroxylation is 1. The Bertz CT molecular complexity index is 665. The summed E-state index contributed by atoms with van der Waals surface area (Å²) in [6.45, 7) is 5.19. The first-order valence-corrected chi connectivity index (χ1v) is 8.30. The lowest BCUT2D eigenvalue weighted by molar-refractivity contribution is 0.402. The standard InChI is InChI=1S/C18H28N6.HI/c1-5-19-18(21-13-17-9-10-22-24(17)4)20-12-15-7-6-8-16(11-15)14-23(2)3;/h6-11H,5,12-14H2,1-4H3,(H2,19,20,21);1H. The molecule has 1 aromatic carbocycles. The highest BCUT2D eigenvalue weighted by Gasteiger charge is 2.02. The average molecular weight is 456 g/mol. The molecule has 0 spiro atoms. The highest BCUT2D eigenvalue weighted by atomic mass is 127. The van der Waals surface area contributed by atoms with E-state index in [0.29, 0.717) is 13.1 Å². The molecule has 0 aliphatic heterocycles. The molecule has 6 nitrogen and oxygen atoms in total. The van der Waals surface area contributed by atoms with Crippen molar-refractivity contribution in [2.45, 2.75) is 26.6 Å². The minimum Gasteiger partial charge on any atom is -0.357 e. The largest absolute Gasteiger partial charge is 0.357 e. The molecule has 7 heteroatoms. The van der Waals surface area contributed by atoms with Gasteiger partial charge in [0.05, 0.1) is 18.8 Å². The van der Waals surface area contributed by atoms with Gasteiger partial charge < -0.3 is 15.5 Å². The van der Waals surface area contributed by atoms with Crippen LogP contribution in [0.4, 0.5) is 0 Å². The Balaban J connectivity index is 0.00000312. The lowest BCUT2D eigenvalue weighted by Gasteiger charge is -2.12. The quantitative estimate of drug-likeness (QED) is 0.382. The van der Waals surface area contributed by atoms with Crippen LogP contribution in [0.25, 0.3) is 0 Å². The maximum Gasteiger partial charge on any atom is 0.191 e. The molecule has 0 fully saturated rings. The van der Waals surface area contributed by atoms with Gasteiger partial charge in [-0.1, -0.05) is 24.3 Å². The van der Waals surface area contributed by atoms with E-state index in [4.69, 9.17) is 0 Å². The van der Waals surface area contributed by atoms with E-state index in [1.165, 1.54) is 11.1 Å². The number of hydrogen-bond donors (Lipinski definition) is 2. The fourth-order valence-corrected chi connectivity index (χ4v) is 2.45. The van der Waals surface area contributed by atoms with Crippen LogP contribution < -0.4 is 10.6 Å². The van der Waals surface area contributed by atoms with Gasteiger partial charge in [0, 0.05) is 26.3 Å². The SMILES string of the molecule is CCNC(=NCc1cccc(CN(C)C)c1)NCc1ccnn1C.I. The van der Waals surface area contributed by atoms with Crippen LogP contribution in [0.5, 0.6) is 0 Å². The number of nitrogens with one attached hydrogen (secondary N) is 2. The van der Waals surface area contributed by atoms with Crippen molar-refractivity contribution >= 4 is 29.9 Å². The summed E-state index contributed by atoms with van der Waals surface area (Å²) in [5.74, 6) is 0.816. The monoisotopic (exact) mass is 456 g/mol. The van der Waals surface area contributed by atoms with E-state index in [2.05, 4.69) is 70.9 Å². The van der Waals surface area contributed by atoms with Crippen molar-refractivity contribution in [2.75, 3.05) is 20.6 Å². The summed E-state index contributed by atoms with van der Waals surface area (Å²) >= 11 is 0. The second-order valence-electron chi connectivity index (χ2n) is 6.05. The van der Waals surface area contributed by atoms with Crippen molar-refractivity contribution in [3.8, 4) is 0 Å². The van der Waals surface area contributed by atoms with Gasteiger partial charge in [0.1, 0.15) is 0 Å². The van der Waals surface area contributed by atoms with Crippen LogP contribution in [0.2, 0.25) is 0 Å². The molecule has 0 atom stereocenters. The summed E-state index contributed by atoms with van der Waals surface area (Å²) in [7, 11) is 6.10. The van der Waals surface area contributed by atoms with Crippen molar-refractivity contribution < 1.29 is 0 Å². The normalized spacial score (nSPS) is 11.3. The molecule has 0 aliphatic carbocycles. The third kappa shape index (κ3) is 7.43. The fourth-order valence-electron chi connectivity index (χ4n) is 2.45. The Morgan fingerprint density at radius 2 is 1.96 bits per heavy atom. The topological polar surface area (TPSA) is 57.5 Å². The summed E-state index contributed by atoms with van der Waals surface area (Å²) in [6, 6.07) is 10.6. The van der Waals surface area contributed by atoms with Gasteiger partial charge in [0.2, 0.25) is 0 Å². The summed E-state index contributed by atoms with van der Waals surface area (Å²) in [5, 5.41) is 10.8. The number of aliphatic imine (C=N–C) groups is 1. The van der Waals surface area contributed by atoms with Crippen LogP contribution in [0.1, 0.15) is 23.7 Å². The zero-order chi connectivity index (χ0) is 17.4.